The first-order valence-electron chi connectivity index (χ1n) is 6.57. The molecule has 0 unspecified atom stereocenters. The van der Waals surface area contributed by atoms with Crippen molar-refractivity contribution >= 4 is 11.5 Å². The van der Waals surface area contributed by atoms with Gasteiger partial charge in [0.15, 0.2) is 5.78 Å². The highest BCUT2D eigenvalue weighted by Crippen LogP contribution is 2.13. The molecule has 0 aliphatic carbocycles. The van der Waals surface area contributed by atoms with Gasteiger partial charge in [0, 0.05) is 25.0 Å². The minimum atomic E-state index is -0.526. The molecule has 0 fully saturated rings. The highest BCUT2D eigenvalue weighted by molar-refractivity contribution is 5.96. The Balaban J connectivity index is 2.00. The number of carbonyl (C=O) groups excluding carboxylic acids is 1. The molecule has 0 aliphatic heterocycles. The highest BCUT2D eigenvalue weighted by atomic mass is 16.6. The molecule has 2 heterocycles. The van der Waals surface area contributed by atoms with Crippen molar-refractivity contribution in [2.75, 3.05) is 13.1 Å². The Labute approximate surface area is 121 Å². The maximum atomic E-state index is 12.1. The Hall–Kier alpha value is -2.54. The summed E-state index contributed by atoms with van der Waals surface area (Å²) in [6.45, 7) is 3.51. The lowest BCUT2D eigenvalue weighted by molar-refractivity contribution is -0.384. The fourth-order valence-electron chi connectivity index (χ4n) is 1.96. The number of nitrogens with one attached hydrogen (secondary N) is 1. The number of ketones is 1. The monoisotopic (exact) mass is 288 g/mol. The van der Waals surface area contributed by atoms with Crippen LogP contribution >= 0.6 is 0 Å². The SMILES string of the molecule is CCN(CC(=O)c1cc([N+](=O)[O-])c[nH]1)Cc1ccncc1. The topological polar surface area (TPSA) is 92.1 Å². The summed E-state index contributed by atoms with van der Waals surface area (Å²) < 4.78 is 0. The van der Waals surface area contributed by atoms with E-state index in [1.807, 2.05) is 24.0 Å². The van der Waals surface area contributed by atoms with E-state index in [2.05, 4.69) is 9.97 Å². The summed E-state index contributed by atoms with van der Waals surface area (Å²) in [4.78, 5) is 30.8. The number of pyridine rings is 1. The lowest BCUT2D eigenvalue weighted by Gasteiger charge is -2.19. The minimum absolute atomic E-state index is 0.101. The first-order chi connectivity index (χ1) is 10.1. The van der Waals surface area contributed by atoms with Crippen molar-refractivity contribution in [3.63, 3.8) is 0 Å². The lowest BCUT2D eigenvalue weighted by Crippen LogP contribution is -2.29. The lowest BCUT2D eigenvalue weighted by atomic mass is 10.2. The molecular weight excluding hydrogens is 272 g/mol. The third-order valence-electron chi connectivity index (χ3n) is 3.15. The molecule has 0 aromatic carbocycles. The van der Waals surface area contributed by atoms with Crippen molar-refractivity contribution in [2.45, 2.75) is 13.5 Å². The molecule has 0 saturated carbocycles. The van der Waals surface area contributed by atoms with E-state index in [0.29, 0.717) is 13.1 Å². The van der Waals surface area contributed by atoms with Crippen molar-refractivity contribution < 1.29 is 9.72 Å². The van der Waals surface area contributed by atoms with Crippen molar-refractivity contribution in [1.82, 2.24) is 14.9 Å². The Morgan fingerprint density at radius 1 is 1.43 bits per heavy atom. The van der Waals surface area contributed by atoms with E-state index in [1.54, 1.807) is 12.4 Å². The Bertz CT molecular complexity index is 624. The van der Waals surface area contributed by atoms with E-state index in [4.69, 9.17) is 0 Å². The molecule has 110 valence electrons. The van der Waals surface area contributed by atoms with E-state index < -0.39 is 4.92 Å². The second kappa shape index (κ2) is 6.76. The van der Waals surface area contributed by atoms with E-state index in [9.17, 15) is 14.9 Å². The maximum absolute atomic E-state index is 12.1. The maximum Gasteiger partial charge on any atom is 0.287 e. The standard InChI is InChI=1S/C14H16N4O3/c1-2-17(9-11-3-5-15-6-4-11)10-14(19)13-7-12(8-16-13)18(20)21/h3-8,16H,2,9-10H2,1H3. The summed E-state index contributed by atoms with van der Waals surface area (Å²) in [6, 6.07) is 5.06. The summed E-state index contributed by atoms with van der Waals surface area (Å²) in [6.07, 6.45) is 4.64. The fourth-order valence-corrected chi connectivity index (χ4v) is 1.96. The van der Waals surface area contributed by atoms with E-state index in [0.717, 1.165) is 5.56 Å². The van der Waals surface area contributed by atoms with E-state index >= 15 is 0 Å². The zero-order valence-corrected chi connectivity index (χ0v) is 11.7. The van der Waals surface area contributed by atoms with Crippen LogP contribution in [0.2, 0.25) is 0 Å². The van der Waals surface area contributed by atoms with Gasteiger partial charge in [-0.3, -0.25) is 24.8 Å². The summed E-state index contributed by atoms with van der Waals surface area (Å²) in [5.41, 5.74) is 1.22. The van der Waals surface area contributed by atoms with Gasteiger partial charge in [0.25, 0.3) is 5.69 Å². The van der Waals surface area contributed by atoms with Gasteiger partial charge in [0.1, 0.15) is 0 Å². The van der Waals surface area contributed by atoms with Gasteiger partial charge in [-0.15, -0.1) is 0 Å². The zero-order valence-electron chi connectivity index (χ0n) is 11.7. The number of likely N-dealkylation sites (N-methyl/N-ethyl adjacent to an activating group) is 1. The minimum Gasteiger partial charge on any atom is -0.353 e. The van der Waals surface area contributed by atoms with Gasteiger partial charge in [0.05, 0.1) is 23.4 Å². The van der Waals surface area contributed by atoms with Gasteiger partial charge in [-0.25, -0.2) is 0 Å². The Morgan fingerprint density at radius 2 is 2.14 bits per heavy atom. The number of carbonyl (C=O) groups is 1. The van der Waals surface area contributed by atoms with Crippen LogP contribution < -0.4 is 0 Å². The molecule has 0 bridgehead atoms. The normalized spacial score (nSPS) is 10.8. The van der Waals surface area contributed by atoms with Crippen molar-refractivity contribution in [3.8, 4) is 0 Å². The number of nitrogens with zero attached hydrogens (tertiary/aromatic N) is 3. The second-order valence-corrected chi connectivity index (χ2v) is 4.61. The molecular formula is C14H16N4O3. The Morgan fingerprint density at radius 3 is 2.71 bits per heavy atom. The molecule has 2 aromatic heterocycles. The predicted molar refractivity (Wildman–Crippen MR) is 77.0 cm³/mol. The third-order valence-corrected chi connectivity index (χ3v) is 3.15. The van der Waals surface area contributed by atoms with Crippen LogP contribution in [0.25, 0.3) is 0 Å². The molecule has 0 amide bonds. The smallest absolute Gasteiger partial charge is 0.287 e. The summed E-state index contributed by atoms with van der Waals surface area (Å²) in [5, 5.41) is 10.6. The molecule has 0 saturated heterocycles. The van der Waals surface area contributed by atoms with Crippen molar-refractivity contribution in [1.29, 1.82) is 0 Å². The Kier molecular flexibility index (Phi) is 4.78. The quantitative estimate of drug-likeness (QED) is 0.478. The fraction of sp³-hybridized carbons (Fsp3) is 0.286. The number of Topliss-reactive ketones (excluding diaryl/α,β-unsaturated/α-hetero) is 1. The molecule has 0 atom stereocenters. The van der Waals surface area contributed by atoms with E-state index in [1.165, 1.54) is 12.3 Å². The average molecular weight is 288 g/mol. The summed E-state index contributed by atoms with van der Waals surface area (Å²) in [5.74, 6) is -0.168. The number of nitro groups is 1. The molecule has 2 aromatic rings. The van der Waals surface area contributed by atoms with Gasteiger partial charge in [-0.05, 0) is 24.2 Å². The van der Waals surface area contributed by atoms with Crippen LogP contribution in [0, 0.1) is 10.1 Å². The molecule has 0 radical (unpaired) electrons. The van der Waals surface area contributed by atoms with Crippen LogP contribution in [0.3, 0.4) is 0 Å². The van der Waals surface area contributed by atoms with E-state index in [-0.39, 0.29) is 23.7 Å². The molecule has 0 aliphatic rings. The second-order valence-electron chi connectivity index (χ2n) is 4.61. The van der Waals surface area contributed by atoms with Crippen LogP contribution in [-0.4, -0.2) is 38.7 Å². The summed E-state index contributed by atoms with van der Waals surface area (Å²) in [7, 11) is 0. The predicted octanol–water partition coefficient (Wildman–Crippen LogP) is 2.02. The van der Waals surface area contributed by atoms with Gasteiger partial charge >= 0.3 is 0 Å². The molecule has 2 rings (SSSR count). The van der Waals surface area contributed by atoms with Crippen LogP contribution in [0.4, 0.5) is 5.69 Å². The molecule has 1 N–H and O–H groups in total. The largest absolute Gasteiger partial charge is 0.353 e. The van der Waals surface area contributed by atoms with Crippen molar-refractivity contribution in [3.05, 3.63) is 58.2 Å². The number of rotatable bonds is 7. The average Bonchev–Trinajstić information content (AvgIpc) is 2.97. The van der Waals surface area contributed by atoms with Crippen LogP contribution in [-0.2, 0) is 6.54 Å². The molecule has 7 nitrogen and oxygen atoms in total. The first-order valence-corrected chi connectivity index (χ1v) is 6.57. The molecule has 7 heteroatoms. The summed E-state index contributed by atoms with van der Waals surface area (Å²) >= 11 is 0. The van der Waals surface area contributed by atoms with Gasteiger partial charge in [-0.2, -0.15) is 0 Å². The molecule has 0 spiro atoms. The zero-order chi connectivity index (χ0) is 15.2. The van der Waals surface area contributed by atoms with Gasteiger partial charge < -0.3 is 4.98 Å². The van der Waals surface area contributed by atoms with Crippen LogP contribution in [0.5, 0.6) is 0 Å². The van der Waals surface area contributed by atoms with Gasteiger partial charge in [-0.1, -0.05) is 6.92 Å². The number of hydrogen-bond donors (Lipinski definition) is 1. The first kappa shape index (κ1) is 14.9. The number of H-pyrrole nitrogens is 1. The van der Waals surface area contributed by atoms with Crippen LogP contribution in [0.15, 0.2) is 36.8 Å². The number of aromatic nitrogens is 2. The molecule has 21 heavy (non-hydrogen) atoms. The van der Waals surface area contributed by atoms with Gasteiger partial charge in [0.2, 0.25) is 0 Å². The number of aromatic amines is 1. The number of hydrogen-bond acceptors (Lipinski definition) is 5. The third kappa shape index (κ3) is 3.96. The van der Waals surface area contributed by atoms with Crippen LogP contribution in [0.1, 0.15) is 23.0 Å². The van der Waals surface area contributed by atoms with Crippen molar-refractivity contribution in [2.24, 2.45) is 0 Å². The highest BCUT2D eigenvalue weighted by Gasteiger charge is 2.17.